The van der Waals surface area contributed by atoms with Gasteiger partial charge >= 0.3 is 12.0 Å². The first-order chi connectivity index (χ1) is 14.4. The van der Waals surface area contributed by atoms with Crippen LogP contribution in [0.4, 0.5) is 16.2 Å². The van der Waals surface area contributed by atoms with E-state index < -0.39 is 23.0 Å². The fourth-order valence-electron chi connectivity index (χ4n) is 3.49. The summed E-state index contributed by atoms with van der Waals surface area (Å²) < 4.78 is 15.6. The first-order valence-corrected chi connectivity index (χ1v) is 8.94. The SMILES string of the molecule is COC(=O)C1=C(C)N(c2ccc3c(c2)OCO3)C(=O)N[C@@H]1c1ccc([N+](=O)[O-])cc1. The second-order valence-corrected chi connectivity index (χ2v) is 6.59. The largest absolute Gasteiger partial charge is 0.466 e. The molecule has 2 aromatic carbocycles. The molecule has 0 aliphatic carbocycles. The highest BCUT2D eigenvalue weighted by atomic mass is 16.7. The van der Waals surface area contributed by atoms with Gasteiger partial charge in [0.05, 0.1) is 29.3 Å². The van der Waals surface area contributed by atoms with Gasteiger partial charge in [-0.2, -0.15) is 0 Å². The van der Waals surface area contributed by atoms with Crippen molar-refractivity contribution >= 4 is 23.4 Å². The number of ether oxygens (including phenoxy) is 3. The third-order valence-corrected chi connectivity index (χ3v) is 4.94. The van der Waals surface area contributed by atoms with Gasteiger partial charge in [-0.05, 0) is 36.8 Å². The van der Waals surface area contributed by atoms with Crippen molar-refractivity contribution in [1.82, 2.24) is 5.32 Å². The van der Waals surface area contributed by atoms with E-state index in [-0.39, 0.29) is 18.1 Å². The van der Waals surface area contributed by atoms with E-state index >= 15 is 0 Å². The number of nitrogens with zero attached hydrogens (tertiary/aromatic N) is 2. The van der Waals surface area contributed by atoms with E-state index in [1.54, 1.807) is 25.1 Å². The minimum atomic E-state index is -0.823. The van der Waals surface area contributed by atoms with Gasteiger partial charge in [0.2, 0.25) is 6.79 Å². The first kappa shape index (κ1) is 19.2. The number of non-ortho nitro benzene ring substituents is 1. The molecule has 0 saturated carbocycles. The van der Waals surface area contributed by atoms with Gasteiger partial charge in [-0.15, -0.1) is 0 Å². The maximum absolute atomic E-state index is 13.0. The van der Waals surface area contributed by atoms with E-state index in [4.69, 9.17) is 14.2 Å². The predicted molar refractivity (Wildman–Crippen MR) is 104 cm³/mol. The Bertz CT molecular complexity index is 1080. The maximum atomic E-state index is 13.0. The molecule has 0 radical (unpaired) electrons. The summed E-state index contributed by atoms with van der Waals surface area (Å²) in [5, 5.41) is 13.7. The minimum Gasteiger partial charge on any atom is -0.466 e. The molecule has 1 atom stereocenters. The number of benzene rings is 2. The number of carbonyl (C=O) groups excluding carboxylic acids is 2. The van der Waals surface area contributed by atoms with Crippen molar-refractivity contribution in [2.24, 2.45) is 0 Å². The molecule has 10 nitrogen and oxygen atoms in total. The fourth-order valence-corrected chi connectivity index (χ4v) is 3.49. The molecule has 2 amide bonds. The zero-order chi connectivity index (χ0) is 21.4. The number of hydrogen-bond donors (Lipinski definition) is 1. The number of amides is 2. The van der Waals surface area contributed by atoms with Gasteiger partial charge in [0.25, 0.3) is 5.69 Å². The predicted octanol–water partition coefficient (Wildman–Crippen LogP) is 3.04. The van der Waals surface area contributed by atoms with E-state index in [0.717, 1.165) is 0 Å². The Kier molecular flexibility index (Phi) is 4.74. The van der Waals surface area contributed by atoms with Crippen LogP contribution in [0.3, 0.4) is 0 Å². The van der Waals surface area contributed by atoms with Crippen molar-refractivity contribution in [3.63, 3.8) is 0 Å². The average Bonchev–Trinajstić information content (AvgIpc) is 3.21. The van der Waals surface area contributed by atoms with Crippen LogP contribution in [-0.2, 0) is 9.53 Å². The van der Waals surface area contributed by atoms with E-state index in [0.29, 0.717) is 28.4 Å². The van der Waals surface area contributed by atoms with Gasteiger partial charge in [-0.1, -0.05) is 0 Å². The highest BCUT2D eigenvalue weighted by Gasteiger charge is 2.37. The van der Waals surface area contributed by atoms with Crippen molar-refractivity contribution in [2.45, 2.75) is 13.0 Å². The number of rotatable bonds is 4. The van der Waals surface area contributed by atoms with Gasteiger partial charge in [-0.25, -0.2) is 9.59 Å². The lowest BCUT2D eigenvalue weighted by Gasteiger charge is -2.35. The van der Waals surface area contributed by atoms with E-state index in [9.17, 15) is 19.7 Å². The number of allylic oxidation sites excluding steroid dienone is 1. The van der Waals surface area contributed by atoms with Crippen molar-refractivity contribution in [2.75, 3.05) is 18.8 Å². The zero-order valence-electron chi connectivity index (χ0n) is 16.1. The second-order valence-electron chi connectivity index (χ2n) is 6.59. The Hall–Kier alpha value is -4.08. The zero-order valence-corrected chi connectivity index (χ0v) is 16.1. The molecule has 0 saturated heterocycles. The van der Waals surface area contributed by atoms with Crippen LogP contribution in [0.25, 0.3) is 0 Å². The van der Waals surface area contributed by atoms with Crippen LogP contribution in [-0.4, -0.2) is 30.8 Å². The number of nitro benzene ring substituents is 1. The lowest BCUT2D eigenvalue weighted by atomic mass is 9.94. The standard InChI is InChI=1S/C20H17N3O7/c1-11-17(19(24)28-2)18(12-3-5-13(6-4-12)23(26)27)21-20(25)22(11)14-7-8-15-16(9-14)30-10-29-15/h3-9,18H,10H2,1-2H3,(H,21,25)/t18-/m1/s1. The van der Waals surface area contributed by atoms with Crippen LogP contribution in [0, 0.1) is 10.1 Å². The van der Waals surface area contributed by atoms with E-state index in [1.807, 2.05) is 0 Å². The quantitative estimate of drug-likeness (QED) is 0.466. The molecule has 4 rings (SSSR count). The molecular weight excluding hydrogens is 394 g/mol. The van der Waals surface area contributed by atoms with Crippen LogP contribution in [0.1, 0.15) is 18.5 Å². The maximum Gasteiger partial charge on any atom is 0.337 e. The first-order valence-electron chi connectivity index (χ1n) is 8.94. The Morgan fingerprint density at radius 1 is 1.20 bits per heavy atom. The Labute approximate surface area is 170 Å². The number of nitro groups is 1. The van der Waals surface area contributed by atoms with Gasteiger partial charge < -0.3 is 19.5 Å². The highest BCUT2D eigenvalue weighted by Crippen LogP contribution is 2.39. The molecule has 1 N–H and O–H groups in total. The summed E-state index contributed by atoms with van der Waals surface area (Å²) in [6.45, 7) is 1.73. The normalized spacial score (nSPS) is 17.6. The average molecular weight is 411 g/mol. The summed E-state index contributed by atoms with van der Waals surface area (Å²) in [4.78, 5) is 37.3. The molecule has 2 aliphatic rings. The van der Waals surface area contributed by atoms with Crippen molar-refractivity contribution in [3.8, 4) is 11.5 Å². The molecule has 0 fully saturated rings. The van der Waals surface area contributed by atoms with E-state index in [1.165, 1.54) is 36.3 Å². The second kappa shape index (κ2) is 7.39. The molecule has 2 aliphatic heterocycles. The molecule has 2 aromatic rings. The van der Waals surface area contributed by atoms with Gasteiger partial charge in [0.15, 0.2) is 11.5 Å². The summed E-state index contributed by atoms with van der Waals surface area (Å²) in [6, 6.07) is 9.33. The molecule has 0 aromatic heterocycles. The summed E-state index contributed by atoms with van der Waals surface area (Å²) in [7, 11) is 1.25. The number of methoxy groups -OCH3 is 1. The highest BCUT2D eigenvalue weighted by molar-refractivity contribution is 6.03. The van der Waals surface area contributed by atoms with Gasteiger partial charge in [0, 0.05) is 23.9 Å². The third kappa shape index (κ3) is 3.17. The van der Waals surface area contributed by atoms with Crippen molar-refractivity contribution in [3.05, 3.63) is 69.4 Å². The van der Waals surface area contributed by atoms with Gasteiger partial charge in [-0.3, -0.25) is 15.0 Å². The Morgan fingerprint density at radius 2 is 1.90 bits per heavy atom. The molecule has 0 spiro atoms. The summed E-state index contributed by atoms with van der Waals surface area (Å²) in [5.41, 5.74) is 1.48. The molecule has 0 bridgehead atoms. The number of carbonyl (C=O) groups is 2. The lowest BCUT2D eigenvalue weighted by Crippen LogP contribution is -2.48. The number of urea groups is 1. The van der Waals surface area contributed by atoms with Crippen LogP contribution in [0.2, 0.25) is 0 Å². The van der Waals surface area contributed by atoms with Crippen molar-refractivity contribution in [1.29, 1.82) is 0 Å². The number of anilines is 1. The third-order valence-electron chi connectivity index (χ3n) is 4.94. The lowest BCUT2D eigenvalue weighted by molar-refractivity contribution is -0.384. The number of nitrogens with one attached hydrogen (secondary N) is 1. The number of esters is 1. The smallest absolute Gasteiger partial charge is 0.337 e. The number of hydrogen-bond acceptors (Lipinski definition) is 7. The molecule has 30 heavy (non-hydrogen) atoms. The summed E-state index contributed by atoms with van der Waals surface area (Å²) in [5.74, 6) is 0.432. The molecule has 154 valence electrons. The van der Waals surface area contributed by atoms with Gasteiger partial charge in [0.1, 0.15) is 0 Å². The van der Waals surface area contributed by atoms with Crippen LogP contribution < -0.4 is 19.7 Å². The number of fused-ring (bicyclic) bond motifs is 1. The molecular formula is C20H17N3O7. The summed E-state index contributed by atoms with van der Waals surface area (Å²) >= 11 is 0. The van der Waals surface area contributed by atoms with Crippen LogP contribution in [0.5, 0.6) is 11.5 Å². The topological polar surface area (TPSA) is 120 Å². The van der Waals surface area contributed by atoms with Crippen molar-refractivity contribution < 1.29 is 28.7 Å². The monoisotopic (exact) mass is 411 g/mol. The fraction of sp³-hybridized carbons (Fsp3) is 0.200. The van der Waals surface area contributed by atoms with Crippen LogP contribution >= 0.6 is 0 Å². The molecule has 2 heterocycles. The minimum absolute atomic E-state index is 0.0927. The molecule has 10 heteroatoms. The Balaban J connectivity index is 1.78. The van der Waals surface area contributed by atoms with E-state index in [2.05, 4.69) is 5.32 Å². The summed E-state index contributed by atoms with van der Waals surface area (Å²) in [6.07, 6.45) is 0. The van der Waals surface area contributed by atoms with Crippen LogP contribution in [0.15, 0.2) is 53.7 Å². The Morgan fingerprint density at radius 3 is 2.57 bits per heavy atom. The molecule has 0 unspecified atom stereocenters.